The molecule has 0 saturated heterocycles. The molecule has 3 rings (SSSR count). The molecule has 0 spiro atoms. The number of amides is 1. The lowest BCUT2D eigenvalue weighted by Gasteiger charge is -1.98. The van der Waals surface area contributed by atoms with Crippen LogP contribution in [0.25, 0.3) is 17.4 Å². The Morgan fingerprint density at radius 1 is 1.12 bits per heavy atom. The monoisotopic (exact) mass is 340 g/mol. The van der Waals surface area contributed by atoms with Crippen molar-refractivity contribution in [2.45, 2.75) is 6.54 Å². The molecule has 0 atom stereocenters. The van der Waals surface area contributed by atoms with Gasteiger partial charge in [-0.15, -0.1) is 0 Å². The van der Waals surface area contributed by atoms with Crippen LogP contribution in [0.15, 0.2) is 65.2 Å². The van der Waals surface area contributed by atoms with Crippen molar-refractivity contribution in [1.82, 2.24) is 10.5 Å². The summed E-state index contributed by atoms with van der Waals surface area (Å²) < 4.78 is 31.7. The first kappa shape index (κ1) is 16.6. The fourth-order valence-corrected chi connectivity index (χ4v) is 2.18. The molecule has 4 nitrogen and oxygen atoms in total. The van der Waals surface area contributed by atoms with E-state index in [1.807, 2.05) is 30.3 Å². The molecule has 126 valence electrons. The molecule has 0 bridgehead atoms. The number of aromatic nitrogens is 1. The molecule has 1 amide bonds. The Morgan fingerprint density at radius 2 is 1.92 bits per heavy atom. The van der Waals surface area contributed by atoms with Gasteiger partial charge in [0, 0.05) is 18.2 Å². The van der Waals surface area contributed by atoms with Gasteiger partial charge < -0.3 is 9.84 Å². The Kier molecular flexibility index (Phi) is 4.99. The van der Waals surface area contributed by atoms with Crippen molar-refractivity contribution >= 4 is 12.0 Å². The number of nitrogens with zero attached hydrogens (tertiary/aromatic N) is 1. The Hall–Kier alpha value is -3.28. The molecule has 3 aromatic rings. The maximum absolute atomic E-state index is 13.7. The summed E-state index contributed by atoms with van der Waals surface area (Å²) in [6.45, 7) is 0.129. The van der Waals surface area contributed by atoms with Crippen LogP contribution in [0.2, 0.25) is 0 Å². The van der Waals surface area contributed by atoms with Crippen LogP contribution in [0, 0.1) is 11.6 Å². The molecule has 0 radical (unpaired) electrons. The summed E-state index contributed by atoms with van der Waals surface area (Å²) in [6.07, 6.45) is 3.10. The van der Waals surface area contributed by atoms with Gasteiger partial charge in [-0.1, -0.05) is 35.5 Å². The summed E-state index contributed by atoms with van der Waals surface area (Å²) in [5.74, 6) is -1.53. The van der Waals surface area contributed by atoms with Gasteiger partial charge >= 0.3 is 0 Å². The number of hydrogen-bond donors (Lipinski definition) is 1. The number of carbonyl (C=O) groups excluding carboxylic acids is 1. The van der Waals surface area contributed by atoms with Crippen LogP contribution in [-0.2, 0) is 11.3 Å². The molecular weight excluding hydrogens is 326 g/mol. The normalized spacial score (nSPS) is 11.0. The van der Waals surface area contributed by atoms with Gasteiger partial charge in [-0.25, -0.2) is 8.78 Å². The lowest BCUT2D eigenvalue weighted by molar-refractivity contribution is -0.116. The topological polar surface area (TPSA) is 55.1 Å². The van der Waals surface area contributed by atoms with Crippen LogP contribution in [0.4, 0.5) is 8.78 Å². The minimum absolute atomic E-state index is 0.107. The number of nitrogens with one attached hydrogen (secondary N) is 1. The van der Waals surface area contributed by atoms with E-state index in [4.69, 9.17) is 4.52 Å². The first-order chi connectivity index (χ1) is 12.1. The molecule has 0 saturated carbocycles. The molecule has 0 aliphatic rings. The van der Waals surface area contributed by atoms with Crippen molar-refractivity contribution in [2.75, 3.05) is 0 Å². The highest BCUT2D eigenvalue weighted by atomic mass is 19.1. The highest BCUT2D eigenvalue weighted by Crippen LogP contribution is 2.24. The molecule has 0 aliphatic carbocycles. The quantitative estimate of drug-likeness (QED) is 0.716. The van der Waals surface area contributed by atoms with E-state index in [0.717, 1.165) is 17.7 Å². The van der Waals surface area contributed by atoms with E-state index in [-0.39, 0.29) is 23.8 Å². The molecule has 2 aromatic carbocycles. The summed E-state index contributed by atoms with van der Waals surface area (Å²) in [7, 11) is 0. The minimum Gasteiger partial charge on any atom is -0.356 e. The first-order valence-corrected chi connectivity index (χ1v) is 7.54. The molecule has 0 unspecified atom stereocenters. The minimum atomic E-state index is -0.738. The number of carbonyl (C=O) groups is 1. The lowest BCUT2D eigenvalue weighted by Crippen LogP contribution is -2.20. The smallest absolute Gasteiger partial charge is 0.244 e. The average Bonchev–Trinajstić information content (AvgIpc) is 3.08. The molecule has 1 aromatic heterocycles. The van der Waals surface area contributed by atoms with Crippen LogP contribution in [0.5, 0.6) is 0 Å². The molecular formula is C19H14F2N2O2. The van der Waals surface area contributed by atoms with Crippen LogP contribution >= 0.6 is 0 Å². The van der Waals surface area contributed by atoms with Gasteiger partial charge in [0.1, 0.15) is 17.3 Å². The van der Waals surface area contributed by atoms with Crippen LogP contribution in [0.3, 0.4) is 0 Å². The van der Waals surface area contributed by atoms with E-state index in [1.165, 1.54) is 18.2 Å². The second kappa shape index (κ2) is 7.53. The zero-order valence-electron chi connectivity index (χ0n) is 13.1. The van der Waals surface area contributed by atoms with Gasteiger partial charge in [0.05, 0.1) is 12.1 Å². The maximum Gasteiger partial charge on any atom is 0.244 e. The first-order valence-electron chi connectivity index (χ1n) is 7.54. The van der Waals surface area contributed by atoms with Gasteiger partial charge in [-0.3, -0.25) is 4.79 Å². The summed E-state index contributed by atoms with van der Waals surface area (Å²) >= 11 is 0. The molecule has 0 aliphatic heterocycles. The fraction of sp³-hybridized carbons (Fsp3) is 0.0526. The summed E-state index contributed by atoms with van der Waals surface area (Å²) in [4.78, 5) is 11.8. The van der Waals surface area contributed by atoms with Crippen molar-refractivity contribution in [3.05, 3.63) is 83.6 Å². The lowest BCUT2D eigenvalue weighted by atomic mass is 10.1. The van der Waals surface area contributed by atoms with Crippen LogP contribution < -0.4 is 5.32 Å². The van der Waals surface area contributed by atoms with Crippen LogP contribution in [0.1, 0.15) is 11.3 Å². The summed E-state index contributed by atoms with van der Waals surface area (Å²) in [6, 6.07) is 14.1. The zero-order chi connectivity index (χ0) is 17.6. The number of hydrogen-bond acceptors (Lipinski definition) is 3. The van der Waals surface area contributed by atoms with E-state index in [2.05, 4.69) is 10.5 Å². The van der Waals surface area contributed by atoms with Gasteiger partial charge in [-0.05, 0) is 23.8 Å². The second-order valence-corrected chi connectivity index (χ2v) is 5.27. The second-order valence-electron chi connectivity index (χ2n) is 5.27. The zero-order valence-corrected chi connectivity index (χ0v) is 13.1. The summed E-state index contributed by atoms with van der Waals surface area (Å²) in [5, 5.41) is 6.43. The number of rotatable bonds is 5. The van der Waals surface area contributed by atoms with E-state index in [0.29, 0.717) is 5.69 Å². The fourth-order valence-electron chi connectivity index (χ4n) is 2.18. The third-order valence-electron chi connectivity index (χ3n) is 3.43. The molecule has 0 fully saturated rings. The van der Waals surface area contributed by atoms with E-state index in [9.17, 15) is 13.6 Å². The third kappa shape index (κ3) is 4.38. The van der Waals surface area contributed by atoms with E-state index in [1.54, 1.807) is 6.08 Å². The predicted molar refractivity (Wildman–Crippen MR) is 89.2 cm³/mol. The SMILES string of the molecule is O=C(C=Cc1ccccc1)NCc1cc(-c2ccc(F)cc2F)on1. The number of halogens is 2. The Balaban J connectivity index is 1.60. The van der Waals surface area contributed by atoms with Gasteiger partial charge in [-0.2, -0.15) is 0 Å². The highest BCUT2D eigenvalue weighted by molar-refractivity contribution is 5.91. The van der Waals surface area contributed by atoms with Crippen molar-refractivity contribution < 1.29 is 18.1 Å². The van der Waals surface area contributed by atoms with Crippen molar-refractivity contribution in [2.24, 2.45) is 0 Å². The Bertz CT molecular complexity index is 905. The van der Waals surface area contributed by atoms with Crippen LogP contribution in [-0.4, -0.2) is 11.1 Å². The maximum atomic E-state index is 13.7. The third-order valence-corrected chi connectivity index (χ3v) is 3.43. The molecule has 25 heavy (non-hydrogen) atoms. The van der Waals surface area contributed by atoms with E-state index < -0.39 is 11.6 Å². The Labute approximate surface area is 142 Å². The average molecular weight is 340 g/mol. The largest absolute Gasteiger partial charge is 0.356 e. The Morgan fingerprint density at radius 3 is 2.68 bits per heavy atom. The molecule has 6 heteroatoms. The summed E-state index contributed by atoms with van der Waals surface area (Å²) in [5.41, 5.74) is 1.45. The highest BCUT2D eigenvalue weighted by Gasteiger charge is 2.12. The number of benzene rings is 2. The van der Waals surface area contributed by atoms with Gasteiger partial charge in [0.2, 0.25) is 5.91 Å². The standard InChI is InChI=1S/C19H14F2N2O2/c20-14-7-8-16(17(21)10-14)18-11-15(23-25-18)12-22-19(24)9-6-13-4-2-1-3-5-13/h1-11H,12H2,(H,22,24). The predicted octanol–water partition coefficient (Wildman–Crippen LogP) is 3.95. The van der Waals surface area contributed by atoms with E-state index >= 15 is 0 Å². The molecule has 1 heterocycles. The van der Waals surface area contributed by atoms with Crippen molar-refractivity contribution in [1.29, 1.82) is 0 Å². The van der Waals surface area contributed by atoms with Gasteiger partial charge in [0.25, 0.3) is 0 Å². The molecule has 1 N–H and O–H groups in total. The van der Waals surface area contributed by atoms with Crippen molar-refractivity contribution in [3.63, 3.8) is 0 Å². The van der Waals surface area contributed by atoms with Gasteiger partial charge in [0.15, 0.2) is 5.76 Å². The van der Waals surface area contributed by atoms with Crippen molar-refractivity contribution in [3.8, 4) is 11.3 Å².